The number of rotatable bonds is 11. The van der Waals surface area contributed by atoms with E-state index in [4.69, 9.17) is 9.47 Å². The van der Waals surface area contributed by atoms with Crippen molar-refractivity contribution in [1.29, 1.82) is 0 Å². The zero-order valence-corrected chi connectivity index (χ0v) is 41.5. The van der Waals surface area contributed by atoms with Crippen LogP contribution in [-0.4, -0.2) is 138 Å². The van der Waals surface area contributed by atoms with Crippen molar-refractivity contribution in [3.63, 3.8) is 0 Å². The van der Waals surface area contributed by atoms with E-state index in [0.29, 0.717) is 51.4 Å². The highest BCUT2D eigenvalue weighted by molar-refractivity contribution is 5.92. The first kappa shape index (κ1) is 50.4. The number of carbonyl (C=O) groups is 4. The SMILES string of the molecule is CN1C(C)(C)CC(OC(=O)CC(C(=O)O)(C2CC(C)(C)N(C)C(C)(C)C2)C(C(=O)OC2CC(C)(C)N(C)C(C)(C)C2)C(C(=O)O)C2CC(C)(C)N(C)C(C)(C)C2)CC1(C)C. The maximum absolute atomic E-state index is 15.7. The molecule has 346 valence electrons. The summed E-state index contributed by atoms with van der Waals surface area (Å²) in [6.45, 7) is 33.4. The van der Waals surface area contributed by atoms with Crippen molar-refractivity contribution in [3.8, 4) is 0 Å². The molecule has 4 rings (SSSR count). The number of esters is 2. The Balaban J connectivity index is 2.01. The molecule has 0 aromatic rings. The van der Waals surface area contributed by atoms with Gasteiger partial charge in [0, 0.05) is 70.0 Å². The van der Waals surface area contributed by atoms with E-state index in [1.54, 1.807) is 0 Å². The van der Waals surface area contributed by atoms with Crippen LogP contribution >= 0.6 is 0 Å². The summed E-state index contributed by atoms with van der Waals surface area (Å²) in [5.74, 6) is -8.72. The minimum absolute atomic E-state index is 0.315. The van der Waals surface area contributed by atoms with Gasteiger partial charge in [-0.15, -0.1) is 0 Å². The molecule has 0 saturated carbocycles. The van der Waals surface area contributed by atoms with Gasteiger partial charge < -0.3 is 19.7 Å². The summed E-state index contributed by atoms with van der Waals surface area (Å²) in [5.41, 5.74) is -5.65. The molecule has 60 heavy (non-hydrogen) atoms. The second-order valence-electron chi connectivity index (χ2n) is 24.9. The number of carboxylic acids is 2. The van der Waals surface area contributed by atoms with Crippen molar-refractivity contribution in [2.45, 2.75) is 225 Å². The van der Waals surface area contributed by atoms with Gasteiger partial charge in [-0.05, 0) is 176 Å². The summed E-state index contributed by atoms with van der Waals surface area (Å²) in [5, 5.41) is 23.7. The number of likely N-dealkylation sites (tertiary alicyclic amines) is 4. The third-order valence-corrected chi connectivity index (χ3v) is 17.3. The molecule has 0 radical (unpaired) electrons. The number of carbonyl (C=O) groups excluding carboxylic acids is 2. The van der Waals surface area contributed by atoms with Gasteiger partial charge in [0.25, 0.3) is 0 Å². The Kier molecular flexibility index (Phi) is 13.5. The highest BCUT2D eigenvalue weighted by atomic mass is 16.6. The maximum atomic E-state index is 15.7. The Morgan fingerprint density at radius 3 is 1.13 bits per heavy atom. The molecular formula is C48H86N4O8. The molecule has 4 aliphatic heterocycles. The van der Waals surface area contributed by atoms with Crippen molar-refractivity contribution < 1.29 is 38.9 Å². The largest absolute Gasteiger partial charge is 0.481 e. The molecule has 4 heterocycles. The van der Waals surface area contributed by atoms with E-state index in [9.17, 15) is 24.6 Å². The van der Waals surface area contributed by atoms with E-state index in [1.165, 1.54) is 0 Å². The number of hydrogen-bond acceptors (Lipinski definition) is 10. The molecule has 4 aliphatic rings. The molecule has 0 spiro atoms. The van der Waals surface area contributed by atoms with Crippen LogP contribution in [0.4, 0.5) is 0 Å². The summed E-state index contributed by atoms with van der Waals surface area (Å²) >= 11 is 0. The first-order valence-corrected chi connectivity index (χ1v) is 22.6. The molecule has 2 N–H and O–H groups in total. The molecule has 0 amide bonds. The summed E-state index contributed by atoms with van der Waals surface area (Å²) in [4.78, 5) is 68.8. The number of hydrogen-bond donors (Lipinski definition) is 2. The van der Waals surface area contributed by atoms with Gasteiger partial charge in [0.1, 0.15) is 12.2 Å². The Hall–Kier alpha value is -2.28. The molecular weight excluding hydrogens is 761 g/mol. The molecule has 12 heteroatoms. The Labute approximate surface area is 363 Å². The highest BCUT2D eigenvalue weighted by Crippen LogP contribution is 2.58. The van der Waals surface area contributed by atoms with Gasteiger partial charge in [0.15, 0.2) is 0 Å². The number of nitrogens with zero attached hydrogens (tertiary/aromatic N) is 4. The van der Waals surface area contributed by atoms with E-state index in [2.05, 4.69) is 144 Å². The average molecular weight is 847 g/mol. The van der Waals surface area contributed by atoms with E-state index < -0.39 is 93.7 Å². The number of ether oxygens (including phenoxy) is 2. The number of aliphatic carboxylic acids is 2. The summed E-state index contributed by atoms with van der Waals surface area (Å²) in [7, 11) is 8.18. The fourth-order valence-corrected chi connectivity index (χ4v) is 13.1. The van der Waals surface area contributed by atoms with Gasteiger partial charge in [-0.1, -0.05) is 0 Å². The Bertz CT molecular complexity index is 1580. The quantitative estimate of drug-likeness (QED) is 0.195. The van der Waals surface area contributed by atoms with Crippen LogP contribution in [0, 0.1) is 29.1 Å². The zero-order chi connectivity index (χ0) is 46.4. The normalized spacial score (nSPS) is 29.5. The predicted molar refractivity (Wildman–Crippen MR) is 237 cm³/mol. The van der Waals surface area contributed by atoms with Gasteiger partial charge in [-0.3, -0.25) is 38.8 Å². The molecule has 0 aliphatic carbocycles. The van der Waals surface area contributed by atoms with E-state index in [-0.39, 0.29) is 22.2 Å². The van der Waals surface area contributed by atoms with Crippen LogP contribution in [0.1, 0.15) is 169 Å². The first-order chi connectivity index (χ1) is 26.8. The summed E-state index contributed by atoms with van der Waals surface area (Å²) in [6, 6.07) is 0. The molecule has 3 unspecified atom stereocenters. The predicted octanol–water partition coefficient (Wildman–Crippen LogP) is 7.95. The van der Waals surface area contributed by atoms with Crippen LogP contribution in [0.5, 0.6) is 0 Å². The lowest BCUT2D eigenvalue weighted by atomic mass is 9.52. The van der Waals surface area contributed by atoms with Crippen LogP contribution in [0.15, 0.2) is 0 Å². The first-order valence-electron chi connectivity index (χ1n) is 22.6. The van der Waals surface area contributed by atoms with Crippen LogP contribution in [0.2, 0.25) is 0 Å². The minimum atomic E-state index is -2.18. The van der Waals surface area contributed by atoms with E-state index in [0.717, 1.165) is 0 Å². The second-order valence-corrected chi connectivity index (χ2v) is 24.9. The van der Waals surface area contributed by atoms with Gasteiger partial charge in [0.05, 0.1) is 23.7 Å². The third-order valence-electron chi connectivity index (χ3n) is 17.3. The standard InChI is InChI=1S/C48H86N4O8/c1-40(2)21-30(22-41(3,4)49(40)17)35(37(54)55)36(38(56)60-33-27-46(13,14)52(20)47(15,16)28-33)48(39(57)58,31-23-42(5,6)50(18)43(7,8)24-31)29-34(53)59-32-25-44(9,10)51(19)45(11,12)26-32/h30-33,35-36H,21-29H2,1-20H3,(H,54,55)(H,57,58). The lowest BCUT2D eigenvalue weighted by Crippen LogP contribution is -2.66. The maximum Gasteiger partial charge on any atom is 0.311 e. The fraction of sp³-hybridized carbons (Fsp3) is 0.917. The van der Waals surface area contributed by atoms with Crippen molar-refractivity contribution in [3.05, 3.63) is 0 Å². The molecule has 0 aromatic heterocycles. The van der Waals surface area contributed by atoms with Crippen LogP contribution in [0.3, 0.4) is 0 Å². The Morgan fingerprint density at radius 1 is 0.517 bits per heavy atom. The Morgan fingerprint density at radius 2 is 0.817 bits per heavy atom. The third kappa shape index (κ3) is 9.47. The molecule has 3 atom stereocenters. The van der Waals surface area contributed by atoms with Crippen molar-refractivity contribution in [1.82, 2.24) is 19.6 Å². The zero-order valence-electron chi connectivity index (χ0n) is 41.5. The molecule has 0 aromatic carbocycles. The van der Waals surface area contributed by atoms with Gasteiger partial charge in [0.2, 0.25) is 0 Å². The van der Waals surface area contributed by atoms with Crippen LogP contribution in [0.25, 0.3) is 0 Å². The van der Waals surface area contributed by atoms with Gasteiger partial charge >= 0.3 is 23.9 Å². The highest BCUT2D eigenvalue weighted by Gasteiger charge is 2.66. The summed E-state index contributed by atoms with van der Waals surface area (Å²) < 4.78 is 13.0. The monoisotopic (exact) mass is 847 g/mol. The van der Waals surface area contributed by atoms with Crippen LogP contribution < -0.4 is 0 Å². The van der Waals surface area contributed by atoms with Crippen molar-refractivity contribution >= 4 is 23.9 Å². The van der Waals surface area contributed by atoms with Crippen LogP contribution in [-0.2, 0) is 28.7 Å². The molecule has 4 saturated heterocycles. The van der Waals surface area contributed by atoms with Crippen molar-refractivity contribution in [2.24, 2.45) is 29.1 Å². The fourth-order valence-electron chi connectivity index (χ4n) is 13.1. The van der Waals surface area contributed by atoms with E-state index >= 15 is 4.79 Å². The number of piperidine rings is 4. The van der Waals surface area contributed by atoms with Crippen molar-refractivity contribution in [2.75, 3.05) is 28.2 Å². The smallest absolute Gasteiger partial charge is 0.311 e. The van der Waals surface area contributed by atoms with Gasteiger partial charge in [-0.2, -0.15) is 0 Å². The molecule has 0 bridgehead atoms. The van der Waals surface area contributed by atoms with Gasteiger partial charge in [-0.25, -0.2) is 0 Å². The topological polar surface area (TPSA) is 140 Å². The molecule has 12 nitrogen and oxygen atoms in total. The second kappa shape index (κ2) is 16.1. The van der Waals surface area contributed by atoms with E-state index in [1.807, 2.05) is 14.1 Å². The summed E-state index contributed by atoms with van der Waals surface area (Å²) in [6.07, 6.45) is 1.73. The lowest BCUT2D eigenvalue weighted by Gasteiger charge is -2.59. The number of carboxylic acid groups (broad SMARTS) is 2. The average Bonchev–Trinajstić information content (AvgIpc) is 3.03. The minimum Gasteiger partial charge on any atom is -0.481 e. The lowest BCUT2D eigenvalue weighted by molar-refractivity contribution is -0.200. The molecule has 4 fully saturated rings.